The third-order valence-electron chi connectivity index (χ3n) is 3.15. The van der Waals surface area contributed by atoms with Gasteiger partial charge in [-0.05, 0) is 30.3 Å². The van der Waals surface area contributed by atoms with Crippen LogP contribution in [0.4, 0.5) is 8.78 Å². The molecule has 1 aromatic heterocycles. The Hall–Kier alpha value is -2.82. The van der Waals surface area contributed by atoms with Crippen molar-refractivity contribution in [2.75, 3.05) is 0 Å². The lowest BCUT2D eigenvalue weighted by atomic mass is 10.0. The molecule has 0 radical (unpaired) electrons. The molecular weight excluding hydrogens is 276 g/mol. The van der Waals surface area contributed by atoms with Crippen LogP contribution in [-0.2, 0) is 0 Å². The zero-order chi connectivity index (χ0) is 15.0. The van der Waals surface area contributed by atoms with Crippen molar-refractivity contribution in [3.63, 3.8) is 0 Å². The van der Waals surface area contributed by atoms with Gasteiger partial charge in [-0.3, -0.25) is 0 Å². The van der Waals surface area contributed by atoms with Crippen LogP contribution in [0.1, 0.15) is 10.4 Å². The van der Waals surface area contributed by atoms with Crippen molar-refractivity contribution in [1.29, 1.82) is 0 Å². The summed E-state index contributed by atoms with van der Waals surface area (Å²) in [6.45, 7) is 0. The van der Waals surface area contributed by atoms with Gasteiger partial charge in [0.25, 0.3) is 0 Å². The van der Waals surface area contributed by atoms with Crippen molar-refractivity contribution < 1.29 is 18.7 Å². The molecule has 0 aliphatic heterocycles. The minimum atomic E-state index is -1.15. The fraction of sp³-hybridized carbons (Fsp3) is 0. The van der Waals surface area contributed by atoms with Crippen LogP contribution in [-0.4, -0.2) is 16.1 Å². The van der Waals surface area contributed by atoms with Crippen molar-refractivity contribution in [2.45, 2.75) is 0 Å². The topological polar surface area (TPSA) is 50.2 Å². The van der Waals surface area contributed by atoms with Crippen LogP contribution in [0, 0.1) is 11.6 Å². The van der Waals surface area contributed by atoms with Crippen molar-refractivity contribution >= 4 is 16.9 Å². The first-order chi connectivity index (χ1) is 10.1. The highest BCUT2D eigenvalue weighted by molar-refractivity contribution is 6.03. The highest BCUT2D eigenvalue weighted by atomic mass is 19.1. The SMILES string of the molecule is O=C(O)c1cc(-c2cc(F)ccc2F)nc2ccccc12. The van der Waals surface area contributed by atoms with Crippen LogP contribution in [0.3, 0.4) is 0 Å². The van der Waals surface area contributed by atoms with Crippen molar-refractivity contribution in [2.24, 2.45) is 0 Å². The Morgan fingerprint density at radius 2 is 1.81 bits per heavy atom. The summed E-state index contributed by atoms with van der Waals surface area (Å²) >= 11 is 0. The van der Waals surface area contributed by atoms with Gasteiger partial charge in [0.05, 0.1) is 16.8 Å². The predicted octanol–water partition coefficient (Wildman–Crippen LogP) is 3.88. The molecule has 0 aliphatic carbocycles. The molecule has 3 rings (SSSR count). The third kappa shape index (κ3) is 2.33. The van der Waals surface area contributed by atoms with Crippen molar-refractivity contribution in [3.05, 3.63) is 65.7 Å². The quantitative estimate of drug-likeness (QED) is 0.777. The average molecular weight is 285 g/mol. The zero-order valence-electron chi connectivity index (χ0n) is 10.7. The van der Waals surface area contributed by atoms with Gasteiger partial charge < -0.3 is 5.11 Å². The lowest BCUT2D eigenvalue weighted by Crippen LogP contribution is -2.01. The number of rotatable bonds is 2. The van der Waals surface area contributed by atoms with Crippen LogP contribution in [0.25, 0.3) is 22.2 Å². The molecule has 0 fully saturated rings. The van der Waals surface area contributed by atoms with E-state index < -0.39 is 17.6 Å². The largest absolute Gasteiger partial charge is 0.478 e. The Kier molecular flexibility index (Phi) is 3.10. The molecule has 0 amide bonds. The number of aromatic nitrogens is 1. The zero-order valence-corrected chi connectivity index (χ0v) is 10.7. The minimum Gasteiger partial charge on any atom is -0.478 e. The first-order valence-electron chi connectivity index (χ1n) is 6.15. The summed E-state index contributed by atoms with van der Waals surface area (Å²) < 4.78 is 27.1. The summed E-state index contributed by atoms with van der Waals surface area (Å²) in [5, 5.41) is 9.73. The van der Waals surface area contributed by atoms with Gasteiger partial charge >= 0.3 is 5.97 Å². The normalized spacial score (nSPS) is 10.8. The van der Waals surface area contributed by atoms with E-state index in [1.54, 1.807) is 24.3 Å². The summed E-state index contributed by atoms with van der Waals surface area (Å²) in [6.07, 6.45) is 0. The first-order valence-corrected chi connectivity index (χ1v) is 6.15. The number of pyridine rings is 1. The first kappa shape index (κ1) is 13.2. The summed E-state index contributed by atoms with van der Waals surface area (Å²) in [4.78, 5) is 15.6. The number of hydrogen-bond donors (Lipinski definition) is 1. The summed E-state index contributed by atoms with van der Waals surface area (Å²) in [7, 11) is 0. The van der Waals surface area contributed by atoms with Crippen LogP contribution in [0.15, 0.2) is 48.5 Å². The number of carboxylic acids is 1. The number of aromatic carboxylic acids is 1. The predicted molar refractivity (Wildman–Crippen MR) is 74.1 cm³/mol. The van der Waals surface area contributed by atoms with E-state index in [-0.39, 0.29) is 16.8 Å². The highest BCUT2D eigenvalue weighted by Crippen LogP contribution is 2.27. The van der Waals surface area contributed by atoms with Gasteiger partial charge in [0.1, 0.15) is 11.6 Å². The van der Waals surface area contributed by atoms with Gasteiger partial charge in [0, 0.05) is 10.9 Å². The molecule has 2 aromatic carbocycles. The molecule has 0 saturated carbocycles. The second kappa shape index (κ2) is 4.94. The van der Waals surface area contributed by atoms with E-state index >= 15 is 0 Å². The van der Waals surface area contributed by atoms with E-state index in [4.69, 9.17) is 0 Å². The molecular formula is C16H9F2NO2. The van der Waals surface area contributed by atoms with Crippen LogP contribution >= 0.6 is 0 Å². The molecule has 5 heteroatoms. The molecule has 1 N–H and O–H groups in total. The second-order valence-electron chi connectivity index (χ2n) is 4.50. The molecule has 0 aliphatic rings. The van der Waals surface area contributed by atoms with E-state index in [0.717, 1.165) is 18.2 Å². The molecule has 0 atom stereocenters. The number of fused-ring (bicyclic) bond motifs is 1. The van der Waals surface area contributed by atoms with E-state index in [9.17, 15) is 18.7 Å². The number of carboxylic acid groups (broad SMARTS) is 1. The second-order valence-corrected chi connectivity index (χ2v) is 4.50. The molecule has 1 heterocycles. The molecule has 21 heavy (non-hydrogen) atoms. The number of halogens is 2. The van der Waals surface area contributed by atoms with Crippen LogP contribution in [0.5, 0.6) is 0 Å². The van der Waals surface area contributed by atoms with Gasteiger partial charge in [0.2, 0.25) is 0 Å². The van der Waals surface area contributed by atoms with Crippen molar-refractivity contribution in [3.8, 4) is 11.3 Å². The molecule has 3 nitrogen and oxygen atoms in total. The standard InChI is InChI=1S/C16H9F2NO2/c17-9-5-6-13(18)12(7-9)15-8-11(16(20)21)10-3-1-2-4-14(10)19-15/h1-8H,(H,20,21). The molecule has 0 spiro atoms. The Morgan fingerprint density at radius 1 is 1.05 bits per heavy atom. The van der Waals surface area contributed by atoms with Gasteiger partial charge in [-0.1, -0.05) is 18.2 Å². The number of hydrogen-bond acceptors (Lipinski definition) is 2. The average Bonchev–Trinajstić information content (AvgIpc) is 2.48. The van der Waals surface area contributed by atoms with Gasteiger partial charge in [-0.15, -0.1) is 0 Å². The Labute approximate surface area is 118 Å². The third-order valence-corrected chi connectivity index (χ3v) is 3.15. The number of para-hydroxylation sites is 1. The number of carbonyl (C=O) groups is 1. The molecule has 0 saturated heterocycles. The van der Waals surface area contributed by atoms with Crippen LogP contribution in [0.2, 0.25) is 0 Å². The Balaban J connectivity index is 2.33. The van der Waals surface area contributed by atoms with Gasteiger partial charge in [0.15, 0.2) is 0 Å². The molecule has 104 valence electrons. The smallest absolute Gasteiger partial charge is 0.336 e. The summed E-state index contributed by atoms with van der Waals surface area (Å²) in [6, 6.07) is 10.9. The maximum absolute atomic E-state index is 13.8. The molecule has 3 aromatic rings. The van der Waals surface area contributed by atoms with E-state index in [1.807, 2.05) is 0 Å². The van der Waals surface area contributed by atoms with E-state index in [1.165, 1.54) is 6.07 Å². The van der Waals surface area contributed by atoms with Crippen molar-refractivity contribution in [1.82, 2.24) is 4.98 Å². The minimum absolute atomic E-state index is 0.000684. The van der Waals surface area contributed by atoms with Gasteiger partial charge in [-0.25, -0.2) is 18.6 Å². The Morgan fingerprint density at radius 3 is 2.57 bits per heavy atom. The monoisotopic (exact) mass is 285 g/mol. The van der Waals surface area contributed by atoms with Crippen LogP contribution < -0.4 is 0 Å². The maximum atomic E-state index is 13.8. The Bertz CT molecular complexity index is 862. The molecule has 0 unspecified atom stereocenters. The maximum Gasteiger partial charge on any atom is 0.336 e. The number of benzene rings is 2. The lowest BCUT2D eigenvalue weighted by Gasteiger charge is -2.08. The highest BCUT2D eigenvalue weighted by Gasteiger charge is 2.15. The fourth-order valence-corrected chi connectivity index (χ4v) is 2.18. The fourth-order valence-electron chi connectivity index (χ4n) is 2.18. The molecule has 0 bridgehead atoms. The number of nitrogens with zero attached hydrogens (tertiary/aromatic N) is 1. The summed E-state index contributed by atoms with van der Waals surface area (Å²) in [5.74, 6) is -2.42. The van der Waals surface area contributed by atoms with E-state index in [2.05, 4.69) is 4.98 Å². The van der Waals surface area contributed by atoms with E-state index in [0.29, 0.717) is 10.9 Å². The lowest BCUT2D eigenvalue weighted by molar-refractivity contribution is 0.0699. The van der Waals surface area contributed by atoms with Gasteiger partial charge in [-0.2, -0.15) is 0 Å². The summed E-state index contributed by atoms with van der Waals surface area (Å²) in [5.41, 5.74) is 0.432.